The van der Waals surface area contributed by atoms with Crippen molar-refractivity contribution in [1.29, 1.82) is 0 Å². The zero-order chi connectivity index (χ0) is 14.5. The highest BCUT2D eigenvalue weighted by Gasteiger charge is 2.03. The second-order valence-electron chi connectivity index (χ2n) is 4.71. The topological polar surface area (TPSA) is 83.5 Å². The summed E-state index contributed by atoms with van der Waals surface area (Å²) in [6.07, 6.45) is 1.65. The maximum atomic E-state index is 8.66. The van der Waals surface area contributed by atoms with Crippen molar-refractivity contribution in [1.82, 2.24) is 4.98 Å². The lowest BCUT2D eigenvalue weighted by molar-refractivity contribution is 0.318. The highest BCUT2D eigenvalue weighted by Crippen LogP contribution is 2.17. The molecule has 0 bridgehead atoms. The zero-order valence-corrected chi connectivity index (χ0v) is 11.6. The van der Waals surface area contributed by atoms with E-state index in [2.05, 4.69) is 47.5 Å². The van der Waals surface area contributed by atoms with E-state index in [9.17, 15) is 0 Å². The maximum Gasteiger partial charge on any atom is 0.188 e. The van der Waals surface area contributed by atoms with Gasteiger partial charge in [0.15, 0.2) is 5.84 Å². The van der Waals surface area contributed by atoms with E-state index >= 15 is 0 Å². The van der Waals surface area contributed by atoms with Crippen molar-refractivity contribution in [2.75, 3.05) is 5.32 Å². The number of hydrogen-bond acceptors (Lipinski definition) is 4. The molecule has 0 atom stereocenters. The predicted octanol–water partition coefficient (Wildman–Crippen LogP) is 2.41. The van der Waals surface area contributed by atoms with Crippen molar-refractivity contribution in [2.24, 2.45) is 10.9 Å². The van der Waals surface area contributed by atoms with Gasteiger partial charge >= 0.3 is 0 Å². The number of amidine groups is 1. The Labute approximate surface area is 118 Å². The van der Waals surface area contributed by atoms with E-state index in [1.807, 2.05) is 6.07 Å². The van der Waals surface area contributed by atoms with Crippen LogP contribution in [-0.4, -0.2) is 16.0 Å². The van der Waals surface area contributed by atoms with Crippen molar-refractivity contribution in [2.45, 2.75) is 20.4 Å². The number of nitrogens with one attached hydrogen (secondary N) is 1. The molecule has 0 amide bonds. The van der Waals surface area contributed by atoms with E-state index in [0.29, 0.717) is 12.2 Å². The van der Waals surface area contributed by atoms with Gasteiger partial charge in [-0.05, 0) is 43.2 Å². The standard InChI is InChI=1S/C15H18N4O/c1-10-3-4-13(11(2)7-10)18-9-12-5-6-17-14(8-12)15(16)19-20/h3-8,18,20H,9H2,1-2H3,(H2,16,19). The molecule has 4 N–H and O–H groups in total. The van der Waals surface area contributed by atoms with Gasteiger partial charge < -0.3 is 16.3 Å². The van der Waals surface area contributed by atoms with Crippen molar-refractivity contribution in [3.8, 4) is 0 Å². The third-order valence-electron chi connectivity index (χ3n) is 3.06. The largest absolute Gasteiger partial charge is 0.409 e. The number of nitrogens with zero attached hydrogens (tertiary/aromatic N) is 2. The molecular weight excluding hydrogens is 252 g/mol. The summed E-state index contributed by atoms with van der Waals surface area (Å²) in [5.41, 5.74) is 10.6. The average molecular weight is 270 g/mol. The molecule has 0 spiro atoms. The Hall–Kier alpha value is -2.56. The average Bonchev–Trinajstić information content (AvgIpc) is 2.46. The van der Waals surface area contributed by atoms with E-state index in [-0.39, 0.29) is 5.84 Å². The van der Waals surface area contributed by atoms with Crippen LogP contribution in [0.3, 0.4) is 0 Å². The summed E-state index contributed by atoms with van der Waals surface area (Å²) in [6.45, 7) is 4.80. The van der Waals surface area contributed by atoms with Gasteiger partial charge in [0.05, 0.1) is 0 Å². The first-order valence-corrected chi connectivity index (χ1v) is 6.34. The van der Waals surface area contributed by atoms with E-state index in [1.54, 1.807) is 12.3 Å². The second kappa shape index (κ2) is 6.06. The van der Waals surface area contributed by atoms with Crippen LogP contribution in [0.25, 0.3) is 0 Å². The molecule has 5 heteroatoms. The summed E-state index contributed by atoms with van der Waals surface area (Å²) >= 11 is 0. The number of rotatable bonds is 4. The van der Waals surface area contributed by atoms with Crippen LogP contribution < -0.4 is 11.1 Å². The Bertz CT molecular complexity index is 638. The predicted molar refractivity (Wildman–Crippen MR) is 80.0 cm³/mol. The number of aromatic nitrogens is 1. The number of anilines is 1. The Morgan fingerprint density at radius 3 is 2.80 bits per heavy atom. The van der Waals surface area contributed by atoms with Crippen LogP contribution in [0.1, 0.15) is 22.4 Å². The molecule has 20 heavy (non-hydrogen) atoms. The normalized spacial score (nSPS) is 11.4. The first kappa shape index (κ1) is 13.9. The molecule has 0 aliphatic carbocycles. The summed E-state index contributed by atoms with van der Waals surface area (Å²) < 4.78 is 0. The van der Waals surface area contributed by atoms with Crippen LogP contribution in [0.5, 0.6) is 0 Å². The molecular formula is C15H18N4O. The van der Waals surface area contributed by atoms with Gasteiger partial charge in [-0.3, -0.25) is 4.98 Å². The molecule has 0 aliphatic heterocycles. The fourth-order valence-electron chi connectivity index (χ4n) is 1.98. The van der Waals surface area contributed by atoms with Gasteiger partial charge in [-0.1, -0.05) is 22.9 Å². The molecule has 0 aliphatic rings. The summed E-state index contributed by atoms with van der Waals surface area (Å²) in [4.78, 5) is 4.05. The van der Waals surface area contributed by atoms with Crippen LogP contribution in [0.4, 0.5) is 5.69 Å². The number of aryl methyl sites for hydroxylation is 2. The molecule has 104 valence electrons. The first-order chi connectivity index (χ1) is 9.60. The summed E-state index contributed by atoms with van der Waals surface area (Å²) in [6, 6.07) is 9.97. The molecule has 0 saturated carbocycles. The minimum atomic E-state index is 0.0124. The Kier molecular flexibility index (Phi) is 4.20. The summed E-state index contributed by atoms with van der Waals surface area (Å²) in [5, 5.41) is 15.0. The van der Waals surface area contributed by atoms with Gasteiger partial charge in [-0.15, -0.1) is 0 Å². The van der Waals surface area contributed by atoms with Gasteiger partial charge in [-0.2, -0.15) is 0 Å². The molecule has 0 radical (unpaired) electrons. The van der Waals surface area contributed by atoms with E-state index in [0.717, 1.165) is 11.3 Å². The molecule has 2 rings (SSSR count). The lowest BCUT2D eigenvalue weighted by Gasteiger charge is -2.10. The number of oxime groups is 1. The molecule has 1 aromatic carbocycles. The van der Waals surface area contributed by atoms with E-state index in [4.69, 9.17) is 10.9 Å². The Balaban J connectivity index is 2.11. The minimum Gasteiger partial charge on any atom is -0.409 e. The first-order valence-electron chi connectivity index (χ1n) is 6.34. The summed E-state index contributed by atoms with van der Waals surface area (Å²) in [7, 11) is 0. The third kappa shape index (κ3) is 3.26. The number of pyridine rings is 1. The van der Waals surface area contributed by atoms with E-state index < -0.39 is 0 Å². The lowest BCUT2D eigenvalue weighted by Crippen LogP contribution is -2.15. The van der Waals surface area contributed by atoms with Gasteiger partial charge in [0, 0.05) is 18.4 Å². The Morgan fingerprint density at radius 2 is 2.10 bits per heavy atom. The fraction of sp³-hybridized carbons (Fsp3) is 0.200. The third-order valence-corrected chi connectivity index (χ3v) is 3.06. The highest BCUT2D eigenvalue weighted by molar-refractivity contribution is 5.95. The van der Waals surface area contributed by atoms with Gasteiger partial charge in [0.1, 0.15) is 5.69 Å². The maximum absolute atomic E-state index is 8.66. The SMILES string of the molecule is Cc1ccc(NCc2ccnc(C(N)=NO)c2)c(C)c1. The molecule has 0 saturated heterocycles. The molecule has 0 unspecified atom stereocenters. The van der Waals surface area contributed by atoms with Crippen LogP contribution in [0.2, 0.25) is 0 Å². The molecule has 1 heterocycles. The van der Waals surface area contributed by atoms with Gasteiger partial charge in [-0.25, -0.2) is 0 Å². The lowest BCUT2D eigenvalue weighted by atomic mass is 10.1. The molecule has 2 aromatic rings. The van der Waals surface area contributed by atoms with Gasteiger partial charge in [0.2, 0.25) is 0 Å². The number of benzene rings is 1. The fourth-order valence-corrected chi connectivity index (χ4v) is 1.98. The number of nitrogens with two attached hydrogens (primary N) is 1. The van der Waals surface area contributed by atoms with Crippen LogP contribution in [0.15, 0.2) is 41.7 Å². The molecule has 1 aromatic heterocycles. The molecule has 0 fully saturated rings. The van der Waals surface area contributed by atoms with Crippen LogP contribution >= 0.6 is 0 Å². The zero-order valence-electron chi connectivity index (χ0n) is 11.6. The van der Waals surface area contributed by atoms with Gasteiger partial charge in [0.25, 0.3) is 0 Å². The van der Waals surface area contributed by atoms with E-state index in [1.165, 1.54) is 11.1 Å². The van der Waals surface area contributed by atoms with Crippen LogP contribution in [-0.2, 0) is 6.54 Å². The Morgan fingerprint density at radius 1 is 1.30 bits per heavy atom. The summed E-state index contributed by atoms with van der Waals surface area (Å²) in [5.74, 6) is 0.0124. The van der Waals surface area contributed by atoms with Crippen molar-refractivity contribution in [3.63, 3.8) is 0 Å². The smallest absolute Gasteiger partial charge is 0.188 e. The highest BCUT2D eigenvalue weighted by atomic mass is 16.4. The monoisotopic (exact) mass is 270 g/mol. The van der Waals surface area contributed by atoms with Crippen molar-refractivity contribution >= 4 is 11.5 Å². The second-order valence-corrected chi connectivity index (χ2v) is 4.71. The van der Waals surface area contributed by atoms with Crippen LogP contribution in [0, 0.1) is 13.8 Å². The van der Waals surface area contributed by atoms with Crippen molar-refractivity contribution < 1.29 is 5.21 Å². The molecule has 5 nitrogen and oxygen atoms in total. The minimum absolute atomic E-state index is 0.0124. The van der Waals surface area contributed by atoms with Crippen molar-refractivity contribution in [3.05, 3.63) is 58.9 Å². The quantitative estimate of drug-likeness (QED) is 0.345. The number of hydrogen-bond donors (Lipinski definition) is 3.